The number of nitrogens with zero attached hydrogens (tertiary/aromatic N) is 4. The molecule has 3 heterocycles. The normalized spacial score (nSPS) is 11.7. The summed E-state index contributed by atoms with van der Waals surface area (Å²) in [6, 6.07) is 78.0. The van der Waals surface area contributed by atoms with Gasteiger partial charge in [-0.15, -0.1) is 0 Å². The minimum Gasteiger partial charge on any atom is -0.309 e. The zero-order chi connectivity index (χ0) is 39.6. The molecule has 0 spiro atoms. The van der Waals surface area contributed by atoms with Gasteiger partial charge >= 0.3 is 0 Å². The lowest BCUT2D eigenvalue weighted by molar-refractivity contribution is 1.17. The van der Waals surface area contributed by atoms with Gasteiger partial charge in [-0.25, -0.2) is 9.97 Å². The number of para-hydroxylation sites is 3. The maximum atomic E-state index is 5.14. The lowest BCUT2D eigenvalue weighted by atomic mass is 10.00. The molecule has 4 heteroatoms. The first-order chi connectivity index (χ1) is 29.7. The van der Waals surface area contributed by atoms with Gasteiger partial charge in [0.1, 0.15) is 0 Å². The highest BCUT2D eigenvalue weighted by Crippen LogP contribution is 2.40. The summed E-state index contributed by atoms with van der Waals surface area (Å²) in [6.45, 7) is 0. The summed E-state index contributed by atoms with van der Waals surface area (Å²) in [5.74, 6) is 0.712. The van der Waals surface area contributed by atoms with Gasteiger partial charge in [-0.2, -0.15) is 0 Å². The lowest BCUT2D eigenvalue weighted by Gasteiger charge is -2.12. The van der Waals surface area contributed by atoms with Gasteiger partial charge in [0.15, 0.2) is 5.82 Å². The molecule has 60 heavy (non-hydrogen) atoms. The van der Waals surface area contributed by atoms with Crippen LogP contribution >= 0.6 is 0 Å². The number of aromatic nitrogens is 4. The van der Waals surface area contributed by atoms with Gasteiger partial charge in [0.25, 0.3) is 0 Å². The van der Waals surface area contributed by atoms with E-state index in [9.17, 15) is 0 Å². The minimum absolute atomic E-state index is 0.712. The lowest BCUT2D eigenvalue weighted by Crippen LogP contribution is -1.97. The number of hydrogen-bond acceptors (Lipinski definition) is 2. The van der Waals surface area contributed by atoms with Gasteiger partial charge in [-0.1, -0.05) is 152 Å². The van der Waals surface area contributed by atoms with Crippen molar-refractivity contribution >= 4 is 54.5 Å². The highest BCUT2D eigenvalue weighted by Gasteiger charge is 2.19. The second-order valence-electron chi connectivity index (χ2n) is 15.4. The van der Waals surface area contributed by atoms with Gasteiger partial charge in [0.2, 0.25) is 0 Å². The summed E-state index contributed by atoms with van der Waals surface area (Å²) >= 11 is 0. The molecule has 0 fully saturated rings. The van der Waals surface area contributed by atoms with Gasteiger partial charge in [0.05, 0.1) is 33.3 Å². The summed E-state index contributed by atoms with van der Waals surface area (Å²) in [5, 5.41) is 5.91. The van der Waals surface area contributed by atoms with Crippen LogP contribution in [0.15, 0.2) is 218 Å². The van der Waals surface area contributed by atoms with Crippen molar-refractivity contribution in [3.8, 4) is 56.3 Å². The Kier molecular flexibility index (Phi) is 7.82. The van der Waals surface area contributed by atoms with E-state index in [-0.39, 0.29) is 0 Å². The maximum absolute atomic E-state index is 5.14. The molecule has 0 N–H and O–H groups in total. The van der Waals surface area contributed by atoms with Crippen LogP contribution in [0, 0.1) is 0 Å². The zero-order valence-electron chi connectivity index (χ0n) is 32.6. The molecule has 0 atom stereocenters. The standard InChI is InChI=1S/C56H36N4/c1-3-14-37(15-4-1)38-26-28-39(29-27-38)42-18-13-19-44(34-42)60-52-25-12-9-21-46(52)49-35-53-48(36-54(49)60)45-20-8-11-24-51(45)59(53)43-32-30-41(31-33-43)56-57-50-23-10-7-22-47(50)55(58-56)40-16-5-2-6-17-40/h1-36H. The van der Waals surface area contributed by atoms with Crippen molar-refractivity contribution in [1.82, 2.24) is 19.1 Å². The number of fused-ring (bicyclic) bond motifs is 7. The molecule has 0 radical (unpaired) electrons. The Balaban J connectivity index is 0.990. The molecular formula is C56H36N4. The van der Waals surface area contributed by atoms with Crippen LogP contribution in [0.5, 0.6) is 0 Å². The Labute approximate surface area is 346 Å². The average Bonchev–Trinajstić information content (AvgIpc) is 3.83. The van der Waals surface area contributed by atoms with Crippen LogP contribution in [-0.4, -0.2) is 19.1 Å². The molecule has 0 bridgehead atoms. The highest BCUT2D eigenvalue weighted by molar-refractivity contribution is 6.19. The SMILES string of the molecule is c1ccc(-c2ccc(-c3cccc(-n4c5ccccc5c5cc6c(cc54)c4ccccc4n6-c4ccc(-c5nc(-c6ccccc6)c6ccccc6n5)cc4)c3)cc2)cc1. The van der Waals surface area contributed by atoms with Gasteiger partial charge in [-0.3, -0.25) is 0 Å². The molecule has 280 valence electrons. The summed E-state index contributed by atoms with van der Waals surface area (Å²) in [4.78, 5) is 10.2. The van der Waals surface area contributed by atoms with Crippen LogP contribution < -0.4 is 0 Å². The van der Waals surface area contributed by atoms with E-state index < -0.39 is 0 Å². The molecule has 0 unspecified atom stereocenters. The van der Waals surface area contributed by atoms with Crippen LogP contribution in [0.25, 0.3) is 111 Å². The predicted octanol–water partition coefficient (Wildman–Crippen LogP) is 14.5. The molecule has 4 nitrogen and oxygen atoms in total. The van der Waals surface area contributed by atoms with Crippen molar-refractivity contribution in [1.29, 1.82) is 0 Å². The molecule has 9 aromatic carbocycles. The molecule has 0 saturated carbocycles. The van der Waals surface area contributed by atoms with Crippen LogP contribution in [0.1, 0.15) is 0 Å². The Hall–Kier alpha value is -8.08. The van der Waals surface area contributed by atoms with Crippen LogP contribution in [-0.2, 0) is 0 Å². The monoisotopic (exact) mass is 764 g/mol. The molecular weight excluding hydrogens is 729 g/mol. The quantitative estimate of drug-likeness (QED) is 0.169. The third-order valence-electron chi connectivity index (χ3n) is 11.9. The number of benzene rings is 9. The first kappa shape index (κ1) is 34.0. The van der Waals surface area contributed by atoms with Gasteiger partial charge < -0.3 is 9.13 Å². The minimum atomic E-state index is 0.712. The smallest absolute Gasteiger partial charge is 0.160 e. The van der Waals surface area contributed by atoms with E-state index >= 15 is 0 Å². The Morgan fingerprint density at radius 1 is 0.267 bits per heavy atom. The molecule has 0 aliphatic rings. The summed E-state index contributed by atoms with van der Waals surface area (Å²) in [5.41, 5.74) is 15.7. The van der Waals surface area contributed by atoms with Crippen molar-refractivity contribution < 1.29 is 0 Å². The topological polar surface area (TPSA) is 35.6 Å². The fourth-order valence-electron chi connectivity index (χ4n) is 9.08. The first-order valence-electron chi connectivity index (χ1n) is 20.4. The molecule has 12 aromatic rings. The van der Waals surface area contributed by atoms with Crippen molar-refractivity contribution in [2.24, 2.45) is 0 Å². The summed E-state index contributed by atoms with van der Waals surface area (Å²) in [6.07, 6.45) is 0. The molecule has 0 aliphatic heterocycles. The van der Waals surface area contributed by atoms with E-state index in [0.29, 0.717) is 5.82 Å². The molecule has 3 aromatic heterocycles. The molecule has 0 aliphatic carbocycles. The second kappa shape index (κ2) is 13.8. The zero-order valence-corrected chi connectivity index (χ0v) is 32.6. The van der Waals surface area contributed by atoms with Crippen molar-refractivity contribution in [3.63, 3.8) is 0 Å². The fourth-order valence-corrected chi connectivity index (χ4v) is 9.08. The van der Waals surface area contributed by atoms with E-state index in [4.69, 9.17) is 9.97 Å². The second-order valence-corrected chi connectivity index (χ2v) is 15.4. The maximum Gasteiger partial charge on any atom is 0.160 e. The van der Waals surface area contributed by atoms with Crippen molar-refractivity contribution in [2.45, 2.75) is 0 Å². The third kappa shape index (κ3) is 5.53. The Bertz CT molecular complexity index is 3560. The van der Waals surface area contributed by atoms with E-state index in [1.807, 2.05) is 12.1 Å². The van der Waals surface area contributed by atoms with Gasteiger partial charge in [0, 0.05) is 49.4 Å². The number of hydrogen-bond donors (Lipinski definition) is 0. The Morgan fingerprint density at radius 3 is 1.40 bits per heavy atom. The average molecular weight is 765 g/mol. The highest BCUT2D eigenvalue weighted by atomic mass is 15.0. The largest absolute Gasteiger partial charge is 0.309 e. The van der Waals surface area contributed by atoms with Crippen molar-refractivity contribution in [3.05, 3.63) is 218 Å². The van der Waals surface area contributed by atoms with Crippen LogP contribution in [0.4, 0.5) is 0 Å². The summed E-state index contributed by atoms with van der Waals surface area (Å²) in [7, 11) is 0. The van der Waals surface area contributed by atoms with Crippen LogP contribution in [0.2, 0.25) is 0 Å². The number of rotatable bonds is 6. The fraction of sp³-hybridized carbons (Fsp3) is 0. The first-order valence-corrected chi connectivity index (χ1v) is 20.4. The summed E-state index contributed by atoms with van der Waals surface area (Å²) < 4.78 is 4.83. The molecule has 0 amide bonds. The molecule has 12 rings (SSSR count). The van der Waals surface area contributed by atoms with E-state index in [2.05, 4.69) is 215 Å². The third-order valence-corrected chi connectivity index (χ3v) is 11.9. The van der Waals surface area contributed by atoms with E-state index in [1.165, 1.54) is 60.3 Å². The predicted molar refractivity (Wildman–Crippen MR) is 250 cm³/mol. The van der Waals surface area contributed by atoms with E-state index in [0.717, 1.165) is 44.6 Å². The Morgan fingerprint density at radius 2 is 0.750 bits per heavy atom. The van der Waals surface area contributed by atoms with Gasteiger partial charge in [-0.05, 0) is 89.0 Å². The van der Waals surface area contributed by atoms with Crippen molar-refractivity contribution in [2.75, 3.05) is 0 Å². The van der Waals surface area contributed by atoms with Crippen LogP contribution in [0.3, 0.4) is 0 Å². The molecule has 0 saturated heterocycles. The van der Waals surface area contributed by atoms with E-state index in [1.54, 1.807) is 0 Å².